The SMILES string of the molecule is Cc1nn(-c2cccc(F)c2)c(C)c1C(=O)CCl. The van der Waals surface area contributed by atoms with Crippen molar-refractivity contribution in [3.8, 4) is 5.69 Å². The van der Waals surface area contributed by atoms with Gasteiger partial charge in [0.25, 0.3) is 0 Å². The van der Waals surface area contributed by atoms with Crippen molar-refractivity contribution in [3.63, 3.8) is 0 Å². The van der Waals surface area contributed by atoms with Crippen molar-refractivity contribution >= 4 is 17.4 Å². The summed E-state index contributed by atoms with van der Waals surface area (Å²) in [5.41, 5.74) is 2.37. The monoisotopic (exact) mass is 266 g/mol. The molecule has 0 bridgehead atoms. The van der Waals surface area contributed by atoms with E-state index >= 15 is 0 Å². The molecule has 0 atom stereocenters. The summed E-state index contributed by atoms with van der Waals surface area (Å²) in [6.45, 7) is 3.51. The van der Waals surface area contributed by atoms with Crippen LogP contribution in [0.5, 0.6) is 0 Å². The fourth-order valence-corrected chi connectivity index (χ4v) is 2.11. The molecule has 0 amide bonds. The minimum absolute atomic E-state index is 0.0868. The summed E-state index contributed by atoms with van der Waals surface area (Å²) in [5.74, 6) is -0.601. The quantitative estimate of drug-likeness (QED) is 0.632. The Bertz CT molecular complexity index is 607. The minimum atomic E-state index is -0.342. The number of nitrogens with zero attached hydrogens (tertiary/aromatic N) is 2. The van der Waals surface area contributed by atoms with E-state index in [-0.39, 0.29) is 17.5 Å². The van der Waals surface area contributed by atoms with Crippen molar-refractivity contribution in [2.45, 2.75) is 13.8 Å². The van der Waals surface area contributed by atoms with Crippen LogP contribution in [0.4, 0.5) is 4.39 Å². The standard InChI is InChI=1S/C13H12ClFN2O/c1-8-13(12(18)7-14)9(2)17(16-8)11-5-3-4-10(15)6-11/h3-6H,7H2,1-2H3. The van der Waals surface area contributed by atoms with Crippen molar-refractivity contribution in [2.75, 3.05) is 5.88 Å². The largest absolute Gasteiger partial charge is 0.293 e. The molecule has 0 aliphatic carbocycles. The van der Waals surface area contributed by atoms with Crippen LogP contribution in [0.25, 0.3) is 5.69 Å². The van der Waals surface area contributed by atoms with Crippen LogP contribution in [0.1, 0.15) is 21.7 Å². The van der Waals surface area contributed by atoms with E-state index in [9.17, 15) is 9.18 Å². The Morgan fingerprint density at radius 1 is 1.44 bits per heavy atom. The normalized spacial score (nSPS) is 10.7. The fraction of sp³-hybridized carbons (Fsp3) is 0.231. The van der Waals surface area contributed by atoms with Gasteiger partial charge in [-0.05, 0) is 32.0 Å². The maximum atomic E-state index is 13.2. The minimum Gasteiger partial charge on any atom is -0.293 e. The van der Waals surface area contributed by atoms with Gasteiger partial charge in [0.05, 0.1) is 28.5 Å². The van der Waals surface area contributed by atoms with E-state index in [0.29, 0.717) is 22.6 Å². The van der Waals surface area contributed by atoms with E-state index in [1.54, 1.807) is 30.7 Å². The second-order valence-electron chi connectivity index (χ2n) is 3.99. The van der Waals surface area contributed by atoms with Crippen LogP contribution in [0, 0.1) is 19.7 Å². The molecule has 0 saturated carbocycles. The molecule has 0 N–H and O–H groups in total. The summed E-state index contributed by atoms with van der Waals surface area (Å²) < 4.78 is 14.7. The highest BCUT2D eigenvalue weighted by atomic mass is 35.5. The first-order valence-electron chi connectivity index (χ1n) is 5.46. The molecule has 0 aliphatic rings. The Morgan fingerprint density at radius 2 is 2.17 bits per heavy atom. The van der Waals surface area contributed by atoms with Crippen molar-refractivity contribution in [1.82, 2.24) is 9.78 Å². The van der Waals surface area contributed by atoms with Gasteiger partial charge < -0.3 is 0 Å². The van der Waals surface area contributed by atoms with E-state index in [0.717, 1.165) is 0 Å². The molecule has 5 heteroatoms. The summed E-state index contributed by atoms with van der Waals surface area (Å²) in [4.78, 5) is 11.7. The predicted octanol–water partition coefficient (Wildman–Crippen LogP) is 3.05. The zero-order valence-corrected chi connectivity index (χ0v) is 10.8. The van der Waals surface area contributed by atoms with Gasteiger partial charge in [-0.2, -0.15) is 5.10 Å². The van der Waals surface area contributed by atoms with Gasteiger partial charge in [-0.3, -0.25) is 4.79 Å². The van der Waals surface area contributed by atoms with Gasteiger partial charge in [0.15, 0.2) is 5.78 Å². The van der Waals surface area contributed by atoms with E-state index in [2.05, 4.69) is 5.10 Å². The lowest BCUT2D eigenvalue weighted by Crippen LogP contribution is -2.05. The lowest BCUT2D eigenvalue weighted by atomic mass is 10.1. The third kappa shape index (κ3) is 2.16. The molecular formula is C13H12ClFN2O. The third-order valence-electron chi connectivity index (χ3n) is 2.74. The first-order chi connectivity index (χ1) is 8.54. The molecule has 0 radical (unpaired) electrons. The number of rotatable bonds is 3. The summed E-state index contributed by atoms with van der Waals surface area (Å²) >= 11 is 5.56. The maximum Gasteiger partial charge on any atom is 0.181 e. The Balaban J connectivity index is 2.57. The van der Waals surface area contributed by atoms with E-state index in [4.69, 9.17) is 11.6 Å². The van der Waals surface area contributed by atoms with Crippen LogP contribution in [0.2, 0.25) is 0 Å². The number of aryl methyl sites for hydroxylation is 1. The number of carbonyl (C=O) groups is 1. The highest BCUT2D eigenvalue weighted by molar-refractivity contribution is 6.30. The van der Waals surface area contributed by atoms with Gasteiger partial charge in [0, 0.05) is 0 Å². The van der Waals surface area contributed by atoms with Gasteiger partial charge in [0.2, 0.25) is 0 Å². The summed E-state index contributed by atoms with van der Waals surface area (Å²) in [5, 5.41) is 4.26. The first-order valence-corrected chi connectivity index (χ1v) is 5.99. The first kappa shape index (κ1) is 12.8. The average Bonchev–Trinajstić information content (AvgIpc) is 2.64. The molecule has 0 spiro atoms. The molecule has 2 aromatic rings. The number of Topliss-reactive ketones (excluding diaryl/α,β-unsaturated/α-hetero) is 1. The lowest BCUT2D eigenvalue weighted by Gasteiger charge is -2.04. The predicted molar refractivity (Wildman–Crippen MR) is 68.0 cm³/mol. The summed E-state index contributed by atoms with van der Waals surface area (Å²) in [6, 6.07) is 6.07. The molecule has 3 nitrogen and oxygen atoms in total. The second kappa shape index (κ2) is 4.90. The highest BCUT2D eigenvalue weighted by Crippen LogP contribution is 2.19. The van der Waals surface area contributed by atoms with Crippen molar-refractivity contribution < 1.29 is 9.18 Å². The van der Waals surface area contributed by atoms with E-state index < -0.39 is 0 Å². The third-order valence-corrected chi connectivity index (χ3v) is 2.99. The smallest absolute Gasteiger partial charge is 0.181 e. The number of benzene rings is 1. The number of hydrogen-bond donors (Lipinski definition) is 0. The molecular weight excluding hydrogens is 255 g/mol. The van der Waals surface area contributed by atoms with Crippen LogP contribution in [0.15, 0.2) is 24.3 Å². The fourth-order valence-electron chi connectivity index (χ4n) is 1.97. The molecule has 94 valence electrons. The van der Waals surface area contributed by atoms with Crippen LogP contribution in [-0.2, 0) is 0 Å². The van der Waals surface area contributed by atoms with Crippen LogP contribution in [0.3, 0.4) is 0 Å². The molecule has 0 fully saturated rings. The molecule has 0 saturated heterocycles. The van der Waals surface area contributed by atoms with Gasteiger partial charge in [-0.25, -0.2) is 9.07 Å². The van der Waals surface area contributed by atoms with E-state index in [1.807, 2.05) is 0 Å². The number of ketones is 1. The van der Waals surface area contributed by atoms with Crippen LogP contribution in [-0.4, -0.2) is 21.4 Å². The molecule has 0 unspecified atom stereocenters. The summed E-state index contributed by atoms with van der Waals surface area (Å²) in [7, 11) is 0. The van der Waals surface area contributed by atoms with Gasteiger partial charge in [-0.15, -0.1) is 11.6 Å². The van der Waals surface area contributed by atoms with Crippen LogP contribution < -0.4 is 0 Å². The Hall–Kier alpha value is -1.68. The second-order valence-corrected chi connectivity index (χ2v) is 4.26. The summed E-state index contributed by atoms with van der Waals surface area (Å²) in [6.07, 6.45) is 0. The number of hydrogen-bond acceptors (Lipinski definition) is 2. The average molecular weight is 267 g/mol. The molecule has 0 aliphatic heterocycles. The maximum absolute atomic E-state index is 13.2. The molecule has 1 aromatic carbocycles. The highest BCUT2D eigenvalue weighted by Gasteiger charge is 2.18. The number of halogens is 2. The molecule has 1 heterocycles. The van der Waals surface area contributed by atoms with Crippen LogP contribution >= 0.6 is 11.6 Å². The molecule has 2 rings (SSSR count). The number of aromatic nitrogens is 2. The number of alkyl halides is 1. The zero-order valence-electron chi connectivity index (χ0n) is 10.1. The van der Waals surface area contributed by atoms with Crippen molar-refractivity contribution in [2.24, 2.45) is 0 Å². The Morgan fingerprint density at radius 3 is 2.78 bits per heavy atom. The number of carbonyl (C=O) groups excluding carboxylic acids is 1. The molecule has 1 aromatic heterocycles. The lowest BCUT2D eigenvalue weighted by molar-refractivity contribution is 0.102. The zero-order chi connectivity index (χ0) is 13.3. The van der Waals surface area contributed by atoms with Crippen molar-refractivity contribution in [1.29, 1.82) is 0 Å². The van der Waals surface area contributed by atoms with E-state index in [1.165, 1.54) is 12.1 Å². The topological polar surface area (TPSA) is 34.9 Å². The van der Waals surface area contributed by atoms with Crippen molar-refractivity contribution in [3.05, 3.63) is 47.0 Å². The Kier molecular flexibility index (Phi) is 3.48. The van der Waals surface area contributed by atoms with Gasteiger partial charge in [0.1, 0.15) is 5.82 Å². The Labute approximate surface area is 109 Å². The van der Waals surface area contributed by atoms with Gasteiger partial charge in [-0.1, -0.05) is 6.07 Å². The van der Waals surface area contributed by atoms with Gasteiger partial charge >= 0.3 is 0 Å². The molecule has 18 heavy (non-hydrogen) atoms.